The minimum atomic E-state index is -1.18. The molecule has 1 aliphatic rings. The zero-order valence-electron chi connectivity index (χ0n) is 21.0. The second kappa shape index (κ2) is 11.9. The van der Waals surface area contributed by atoms with Crippen LogP contribution < -0.4 is 4.89 Å². The van der Waals surface area contributed by atoms with Gasteiger partial charge in [0.2, 0.25) is 5.89 Å². The Labute approximate surface area is 238 Å². The molecule has 0 saturated carbocycles. The van der Waals surface area contributed by atoms with Crippen molar-refractivity contribution in [2.24, 2.45) is 0 Å². The van der Waals surface area contributed by atoms with E-state index in [9.17, 15) is 9.90 Å². The summed E-state index contributed by atoms with van der Waals surface area (Å²) in [6, 6.07) is 27.0. The van der Waals surface area contributed by atoms with Crippen LogP contribution in [0.5, 0.6) is 5.75 Å². The van der Waals surface area contributed by atoms with Crippen molar-refractivity contribution < 1.29 is 24.1 Å². The maximum Gasteiger partial charge on any atom is 0.352 e. The van der Waals surface area contributed by atoms with E-state index in [1.54, 1.807) is 18.2 Å². The van der Waals surface area contributed by atoms with Crippen molar-refractivity contribution in [1.82, 2.24) is 4.98 Å². The fraction of sp³-hybridized carbons (Fsp3) is 0.200. The molecule has 0 spiro atoms. The summed E-state index contributed by atoms with van der Waals surface area (Å²) in [6.45, 7) is 1.27. The van der Waals surface area contributed by atoms with Crippen LogP contribution in [0.4, 0.5) is 0 Å². The van der Waals surface area contributed by atoms with Crippen molar-refractivity contribution >= 4 is 41.1 Å². The molecule has 3 aromatic carbocycles. The molecule has 1 heterocycles. The maximum absolute atomic E-state index is 11.9. The molecule has 183 valence electrons. The van der Waals surface area contributed by atoms with Gasteiger partial charge in [-0.05, 0) is 37.0 Å². The Morgan fingerprint density at radius 3 is 2.41 bits per heavy atom. The molecular formula is C30H27NNaO5. The minimum Gasteiger partial charge on any atom is -0.436 e. The first-order chi connectivity index (χ1) is 17.5. The molecule has 1 radical (unpaired) electrons. The van der Waals surface area contributed by atoms with E-state index >= 15 is 0 Å². The molecule has 1 unspecified atom stereocenters. The van der Waals surface area contributed by atoms with Gasteiger partial charge in [0.15, 0.2) is 11.5 Å². The molecule has 6 nitrogen and oxygen atoms in total. The van der Waals surface area contributed by atoms with Crippen molar-refractivity contribution in [3.05, 3.63) is 102 Å². The SMILES string of the molecule is CC(=O)OOc1cccc(CC2(O)CCCC=C2c2nc(-c3ccccc3)c(-c3ccccc3)o2)c1.[Na]. The van der Waals surface area contributed by atoms with Crippen LogP contribution in [0.3, 0.4) is 0 Å². The third-order valence-corrected chi connectivity index (χ3v) is 6.24. The summed E-state index contributed by atoms with van der Waals surface area (Å²) in [5.74, 6) is 0.940. The normalized spacial score (nSPS) is 16.9. The van der Waals surface area contributed by atoms with Gasteiger partial charge in [0.05, 0.1) is 5.60 Å². The zero-order valence-corrected chi connectivity index (χ0v) is 23.0. The monoisotopic (exact) mass is 504 g/mol. The van der Waals surface area contributed by atoms with Gasteiger partial charge in [0.25, 0.3) is 0 Å². The molecule has 5 rings (SSSR count). The third kappa shape index (κ3) is 6.22. The van der Waals surface area contributed by atoms with Crippen LogP contribution in [0.25, 0.3) is 28.2 Å². The van der Waals surface area contributed by atoms with Crippen molar-refractivity contribution in [2.45, 2.75) is 38.2 Å². The van der Waals surface area contributed by atoms with Crippen molar-refractivity contribution in [1.29, 1.82) is 0 Å². The van der Waals surface area contributed by atoms with Gasteiger partial charge in [-0.2, -0.15) is 0 Å². The van der Waals surface area contributed by atoms with Gasteiger partial charge in [-0.1, -0.05) is 78.9 Å². The second-order valence-electron chi connectivity index (χ2n) is 8.95. The fourth-order valence-electron chi connectivity index (χ4n) is 4.60. The van der Waals surface area contributed by atoms with Gasteiger partial charge in [-0.15, -0.1) is 0 Å². The van der Waals surface area contributed by atoms with Crippen molar-refractivity contribution in [3.63, 3.8) is 0 Å². The Bertz CT molecular complexity index is 1330. The van der Waals surface area contributed by atoms with E-state index in [-0.39, 0.29) is 29.6 Å². The number of allylic oxidation sites excluding steroid dienone is 1. The molecule has 0 fully saturated rings. The van der Waals surface area contributed by atoms with Crippen molar-refractivity contribution in [3.8, 4) is 28.3 Å². The number of aromatic nitrogens is 1. The fourth-order valence-corrected chi connectivity index (χ4v) is 4.60. The summed E-state index contributed by atoms with van der Waals surface area (Å²) < 4.78 is 6.39. The van der Waals surface area contributed by atoms with Gasteiger partial charge < -0.3 is 9.52 Å². The van der Waals surface area contributed by atoms with Gasteiger partial charge in [0, 0.05) is 59.6 Å². The van der Waals surface area contributed by atoms with Crippen LogP contribution in [0.2, 0.25) is 0 Å². The van der Waals surface area contributed by atoms with Crippen LogP contribution in [0, 0.1) is 0 Å². The third-order valence-electron chi connectivity index (χ3n) is 6.24. The molecule has 0 bridgehead atoms. The molecule has 0 saturated heterocycles. The van der Waals surface area contributed by atoms with E-state index in [1.165, 1.54) is 6.92 Å². The molecule has 4 aromatic rings. The number of carbonyl (C=O) groups is 1. The Balaban J connectivity index is 0.00000320. The molecule has 37 heavy (non-hydrogen) atoms. The Kier molecular flexibility index (Phi) is 8.67. The van der Waals surface area contributed by atoms with Crippen LogP contribution in [0.1, 0.15) is 37.6 Å². The molecule has 0 amide bonds. The number of oxazole rings is 1. The number of aliphatic hydroxyl groups is 1. The smallest absolute Gasteiger partial charge is 0.352 e. The first-order valence-corrected chi connectivity index (χ1v) is 12.0. The van der Waals surface area contributed by atoms with Crippen LogP contribution in [-0.2, 0) is 16.1 Å². The predicted molar refractivity (Wildman–Crippen MR) is 142 cm³/mol. The molecule has 1 atom stereocenters. The van der Waals surface area contributed by atoms with E-state index < -0.39 is 11.6 Å². The van der Waals surface area contributed by atoms with E-state index in [0.717, 1.165) is 35.2 Å². The Morgan fingerprint density at radius 1 is 1.00 bits per heavy atom. The summed E-state index contributed by atoms with van der Waals surface area (Å²) in [5, 5.41) is 11.9. The first kappa shape index (κ1) is 26.9. The molecule has 7 heteroatoms. The zero-order chi connectivity index (χ0) is 25.0. The van der Waals surface area contributed by atoms with E-state index in [2.05, 4.69) is 4.89 Å². The summed E-state index contributed by atoms with van der Waals surface area (Å²) in [5.41, 5.74) is 2.95. The Hall–Kier alpha value is -3.16. The molecule has 1 aromatic heterocycles. The average Bonchev–Trinajstić information content (AvgIpc) is 3.34. The first-order valence-electron chi connectivity index (χ1n) is 12.0. The quantitative estimate of drug-likeness (QED) is 0.188. The van der Waals surface area contributed by atoms with Gasteiger partial charge >= 0.3 is 5.97 Å². The molecular weight excluding hydrogens is 477 g/mol. The molecule has 1 N–H and O–H groups in total. The second-order valence-corrected chi connectivity index (χ2v) is 8.95. The largest absolute Gasteiger partial charge is 0.436 e. The topological polar surface area (TPSA) is 81.8 Å². The standard InChI is InChI=1S/C30H27NO5.Na/c1-21(32)35-36-25-16-10-11-22(19-25)20-30(33)18-9-8-17-26(30)29-31-27(23-12-4-2-5-13-23)28(34-29)24-14-6-3-7-15-24;/h2-7,10-17,19,33H,8-9,18,20H2,1H3;. The van der Waals surface area contributed by atoms with Crippen LogP contribution in [-0.4, -0.2) is 51.2 Å². The summed E-state index contributed by atoms with van der Waals surface area (Å²) in [7, 11) is 0. The van der Waals surface area contributed by atoms with E-state index in [1.807, 2.05) is 72.8 Å². The number of rotatable bonds is 7. The average molecular weight is 505 g/mol. The Morgan fingerprint density at radius 2 is 1.70 bits per heavy atom. The summed E-state index contributed by atoms with van der Waals surface area (Å²) in [6.07, 6.45) is 4.61. The van der Waals surface area contributed by atoms with Gasteiger partial charge in [0.1, 0.15) is 5.69 Å². The van der Waals surface area contributed by atoms with Gasteiger partial charge in [-0.25, -0.2) is 9.78 Å². The summed E-state index contributed by atoms with van der Waals surface area (Å²) in [4.78, 5) is 25.7. The number of carbonyl (C=O) groups excluding carboxylic acids is 1. The maximum atomic E-state index is 11.9. The van der Waals surface area contributed by atoms with E-state index in [0.29, 0.717) is 35.8 Å². The summed E-state index contributed by atoms with van der Waals surface area (Å²) >= 11 is 0. The number of benzene rings is 3. The number of nitrogens with zero attached hydrogens (tertiary/aromatic N) is 1. The van der Waals surface area contributed by atoms with E-state index in [4.69, 9.17) is 14.3 Å². The van der Waals surface area contributed by atoms with Gasteiger partial charge in [-0.3, -0.25) is 9.78 Å². The van der Waals surface area contributed by atoms with Crippen LogP contribution in [0.15, 0.2) is 95.4 Å². The van der Waals surface area contributed by atoms with Crippen LogP contribution >= 0.6 is 0 Å². The molecule has 1 aliphatic carbocycles. The number of hydrogen-bond donors (Lipinski definition) is 1. The number of hydrogen-bond acceptors (Lipinski definition) is 6. The predicted octanol–water partition coefficient (Wildman–Crippen LogP) is 6.03. The van der Waals surface area contributed by atoms with Crippen molar-refractivity contribution in [2.75, 3.05) is 0 Å². The molecule has 0 aliphatic heterocycles. The minimum absolute atomic E-state index is 0.